The molecule has 0 bridgehead atoms. The topological polar surface area (TPSA) is 73.2 Å². The van der Waals surface area contributed by atoms with Crippen LogP contribution < -0.4 is 5.56 Å². The predicted molar refractivity (Wildman–Crippen MR) is 120 cm³/mol. The van der Waals surface area contributed by atoms with Crippen LogP contribution in [-0.4, -0.2) is 24.5 Å². The van der Waals surface area contributed by atoms with Crippen LogP contribution in [0.3, 0.4) is 0 Å². The first-order valence-electron chi connectivity index (χ1n) is 9.03. The van der Waals surface area contributed by atoms with Gasteiger partial charge in [0.2, 0.25) is 0 Å². The number of hydrogen-bond acceptors (Lipinski definition) is 5. The molecule has 0 saturated heterocycles. The highest BCUT2D eigenvalue weighted by molar-refractivity contribution is 7.94. The number of fused-ring (bicyclic) bond motifs is 1. The fourth-order valence-electron chi connectivity index (χ4n) is 3.19. The Morgan fingerprint density at radius 2 is 1.70 bits per heavy atom. The Bertz CT molecular complexity index is 1400. The number of carbonyl (C=O) groups is 1. The number of aromatic nitrogens is 1. The van der Waals surface area contributed by atoms with E-state index < -0.39 is 21.4 Å². The van der Waals surface area contributed by atoms with Gasteiger partial charge in [-0.05, 0) is 47.3 Å². The zero-order valence-electron chi connectivity index (χ0n) is 15.6. The molecule has 0 aliphatic heterocycles. The van der Waals surface area contributed by atoms with Crippen LogP contribution in [0.2, 0.25) is 4.34 Å². The highest BCUT2D eigenvalue weighted by Crippen LogP contribution is 2.26. The monoisotopic (exact) mass is 457 g/mol. The van der Waals surface area contributed by atoms with Crippen LogP contribution in [0.1, 0.15) is 5.56 Å². The maximum Gasteiger partial charge on any atom is 0.262 e. The van der Waals surface area contributed by atoms with Gasteiger partial charge < -0.3 is 0 Å². The normalized spacial score (nSPS) is 11.6. The van der Waals surface area contributed by atoms with Gasteiger partial charge in [0.05, 0.1) is 4.34 Å². The van der Waals surface area contributed by atoms with E-state index in [4.69, 9.17) is 11.6 Å². The first kappa shape index (κ1) is 20.5. The summed E-state index contributed by atoms with van der Waals surface area (Å²) in [6, 6.07) is 19.1. The van der Waals surface area contributed by atoms with E-state index >= 15 is 0 Å². The first-order valence-corrected chi connectivity index (χ1v) is 11.9. The number of hydrogen-bond donors (Lipinski definition) is 0. The molecule has 0 unspecified atom stereocenters. The van der Waals surface area contributed by atoms with Crippen molar-refractivity contribution in [2.45, 2.75) is 10.6 Å². The molecule has 4 rings (SSSR count). The van der Waals surface area contributed by atoms with Gasteiger partial charge >= 0.3 is 0 Å². The predicted octanol–water partition coefficient (Wildman–Crippen LogP) is 4.29. The number of rotatable bonds is 6. The summed E-state index contributed by atoms with van der Waals surface area (Å²) in [6.07, 6.45) is 1.70. The van der Waals surface area contributed by atoms with Crippen LogP contribution in [0.4, 0.5) is 0 Å². The van der Waals surface area contributed by atoms with Crippen molar-refractivity contribution in [2.75, 3.05) is 5.75 Å². The SMILES string of the molecule is O=C(Cc1ccc(-n2ccc3ccccc3c2=O)cc1)CS(=O)(=O)c1ccc(Cl)s1. The molecule has 0 aliphatic carbocycles. The summed E-state index contributed by atoms with van der Waals surface area (Å²) >= 11 is 6.72. The van der Waals surface area contributed by atoms with Gasteiger partial charge in [-0.3, -0.25) is 14.2 Å². The Kier molecular flexibility index (Phi) is 5.60. The molecule has 5 nitrogen and oxygen atoms in total. The lowest BCUT2D eigenvalue weighted by Crippen LogP contribution is -2.18. The molecule has 0 N–H and O–H groups in total. The summed E-state index contributed by atoms with van der Waals surface area (Å²) in [6.45, 7) is 0. The molecule has 0 amide bonds. The van der Waals surface area contributed by atoms with E-state index in [1.807, 2.05) is 24.3 Å². The van der Waals surface area contributed by atoms with E-state index in [9.17, 15) is 18.0 Å². The second kappa shape index (κ2) is 8.18. The van der Waals surface area contributed by atoms with Crippen LogP contribution in [0, 0.1) is 0 Å². The minimum atomic E-state index is -3.70. The Labute approximate surface area is 182 Å². The van der Waals surface area contributed by atoms with Crippen LogP contribution >= 0.6 is 22.9 Å². The number of thiophene rings is 1. The van der Waals surface area contributed by atoms with Gasteiger partial charge in [-0.2, -0.15) is 0 Å². The van der Waals surface area contributed by atoms with E-state index in [0.717, 1.165) is 16.7 Å². The molecule has 4 aromatic rings. The van der Waals surface area contributed by atoms with E-state index in [-0.39, 0.29) is 16.2 Å². The number of sulfone groups is 1. The van der Waals surface area contributed by atoms with Gasteiger partial charge in [0.25, 0.3) is 5.56 Å². The Balaban J connectivity index is 1.51. The minimum Gasteiger partial charge on any atom is -0.298 e. The van der Waals surface area contributed by atoms with Crippen molar-refractivity contribution in [3.63, 3.8) is 0 Å². The fourth-order valence-corrected chi connectivity index (χ4v) is 6.01. The third kappa shape index (κ3) is 4.23. The molecule has 2 heterocycles. The minimum absolute atomic E-state index is 0.00869. The molecule has 0 atom stereocenters. The van der Waals surface area contributed by atoms with Gasteiger partial charge in [0.15, 0.2) is 15.6 Å². The molecule has 0 radical (unpaired) electrons. The van der Waals surface area contributed by atoms with E-state index in [0.29, 0.717) is 21.0 Å². The molecule has 0 spiro atoms. The molecular weight excluding hydrogens is 442 g/mol. The summed E-state index contributed by atoms with van der Waals surface area (Å²) in [5, 5.41) is 1.49. The number of ketones is 1. The van der Waals surface area contributed by atoms with Gasteiger partial charge in [0.1, 0.15) is 9.96 Å². The Morgan fingerprint density at radius 1 is 0.967 bits per heavy atom. The molecular formula is C22H16ClNO4S2. The maximum absolute atomic E-state index is 12.7. The fraction of sp³-hybridized carbons (Fsp3) is 0.0909. The third-order valence-corrected chi connectivity index (χ3v) is 8.12. The van der Waals surface area contributed by atoms with Crippen molar-refractivity contribution in [3.05, 3.63) is 93.2 Å². The summed E-state index contributed by atoms with van der Waals surface area (Å²) in [7, 11) is -3.70. The van der Waals surface area contributed by atoms with Crippen molar-refractivity contribution in [3.8, 4) is 5.69 Å². The Morgan fingerprint density at radius 3 is 2.40 bits per heavy atom. The van der Waals surface area contributed by atoms with Crippen molar-refractivity contribution in [1.82, 2.24) is 4.57 Å². The second-order valence-corrected chi connectivity index (χ2v) is 10.7. The number of pyridine rings is 1. The van der Waals surface area contributed by atoms with Gasteiger partial charge in [-0.25, -0.2) is 8.42 Å². The van der Waals surface area contributed by atoms with Gasteiger partial charge in [0, 0.05) is 23.7 Å². The molecule has 2 aromatic heterocycles. The number of carbonyl (C=O) groups excluding carboxylic acids is 1. The maximum atomic E-state index is 12.7. The highest BCUT2D eigenvalue weighted by atomic mass is 35.5. The quantitative estimate of drug-likeness (QED) is 0.433. The molecule has 2 aromatic carbocycles. The number of Topliss-reactive ketones (excluding diaryl/α,β-unsaturated/α-hetero) is 1. The standard InChI is InChI=1S/C22H16ClNO4S2/c23-20-9-10-21(29-20)30(27,28)14-18(25)13-15-5-7-17(8-6-15)24-12-11-16-3-1-2-4-19(16)22(24)26/h1-12H,13-14H2. The van der Waals surface area contributed by atoms with Gasteiger partial charge in [-0.1, -0.05) is 41.9 Å². The second-order valence-electron chi connectivity index (χ2n) is 6.78. The molecule has 152 valence electrons. The largest absolute Gasteiger partial charge is 0.298 e. The van der Waals surface area contributed by atoms with E-state index in [1.165, 1.54) is 12.1 Å². The lowest BCUT2D eigenvalue weighted by molar-refractivity contribution is -0.116. The van der Waals surface area contributed by atoms with Crippen LogP contribution in [0.25, 0.3) is 16.5 Å². The zero-order valence-corrected chi connectivity index (χ0v) is 18.0. The van der Waals surface area contributed by atoms with Crippen molar-refractivity contribution >= 4 is 49.3 Å². The van der Waals surface area contributed by atoms with Crippen LogP contribution in [-0.2, 0) is 21.1 Å². The number of halogens is 1. The van der Waals surface area contributed by atoms with Gasteiger partial charge in [-0.15, -0.1) is 11.3 Å². The summed E-state index contributed by atoms with van der Waals surface area (Å²) in [5.41, 5.74) is 1.22. The average molecular weight is 458 g/mol. The van der Waals surface area contributed by atoms with Crippen molar-refractivity contribution in [2.24, 2.45) is 0 Å². The Hall–Kier alpha value is -2.74. The molecule has 8 heteroatoms. The highest BCUT2D eigenvalue weighted by Gasteiger charge is 2.21. The first-order chi connectivity index (χ1) is 14.3. The number of nitrogens with zero attached hydrogens (tertiary/aromatic N) is 1. The summed E-state index contributed by atoms with van der Waals surface area (Å²) in [5.74, 6) is -0.981. The lowest BCUT2D eigenvalue weighted by Gasteiger charge is -2.08. The summed E-state index contributed by atoms with van der Waals surface area (Å²) in [4.78, 5) is 25.0. The van der Waals surface area contributed by atoms with E-state index in [1.54, 1.807) is 41.1 Å². The van der Waals surface area contributed by atoms with Crippen molar-refractivity contribution in [1.29, 1.82) is 0 Å². The van der Waals surface area contributed by atoms with Crippen LogP contribution in [0.15, 0.2) is 81.9 Å². The number of benzene rings is 2. The molecule has 30 heavy (non-hydrogen) atoms. The van der Waals surface area contributed by atoms with E-state index in [2.05, 4.69) is 0 Å². The molecule has 0 aliphatic rings. The van der Waals surface area contributed by atoms with Crippen LogP contribution in [0.5, 0.6) is 0 Å². The zero-order chi connectivity index (χ0) is 21.3. The molecule has 0 fully saturated rings. The molecule has 0 saturated carbocycles. The third-order valence-electron chi connectivity index (χ3n) is 4.64. The average Bonchev–Trinajstić information content (AvgIpc) is 3.16. The smallest absolute Gasteiger partial charge is 0.262 e. The lowest BCUT2D eigenvalue weighted by atomic mass is 10.1. The van der Waals surface area contributed by atoms with Crippen molar-refractivity contribution < 1.29 is 13.2 Å². The summed E-state index contributed by atoms with van der Waals surface area (Å²) < 4.78 is 26.6.